The fraction of sp³-hybridized carbons (Fsp3) is 0.300. The van der Waals surface area contributed by atoms with Gasteiger partial charge in [0.05, 0.1) is 4.90 Å². The predicted octanol–water partition coefficient (Wildman–Crippen LogP) is 0.202. The Bertz CT molecular complexity index is 554. The van der Waals surface area contributed by atoms with Gasteiger partial charge in [0.15, 0.2) is 13.0 Å². The number of hydrogen-bond donors (Lipinski definition) is 1. The van der Waals surface area contributed by atoms with Crippen LogP contribution in [0.25, 0.3) is 0 Å². The molecule has 1 aromatic rings. The van der Waals surface area contributed by atoms with Crippen molar-refractivity contribution in [3.8, 4) is 0 Å². The largest absolute Gasteiger partial charge is 0.449 e. The maximum absolute atomic E-state index is 12.0. The number of sulfonamides is 1. The summed E-state index contributed by atoms with van der Waals surface area (Å²) in [6, 6.07) is 6.12. The van der Waals surface area contributed by atoms with Gasteiger partial charge in [-0.1, -0.05) is 18.2 Å². The van der Waals surface area contributed by atoms with Crippen molar-refractivity contribution in [1.29, 1.82) is 0 Å². The van der Waals surface area contributed by atoms with Crippen molar-refractivity contribution in [2.75, 3.05) is 6.73 Å². The summed E-state index contributed by atoms with van der Waals surface area (Å²) in [6.45, 7) is 0.676. The molecule has 0 aromatic heterocycles. The van der Waals surface area contributed by atoms with Crippen molar-refractivity contribution in [1.82, 2.24) is 4.31 Å². The molecule has 1 N–H and O–H groups in total. The first-order valence-corrected chi connectivity index (χ1v) is 6.31. The van der Waals surface area contributed by atoms with E-state index in [4.69, 9.17) is 0 Å². The van der Waals surface area contributed by atoms with E-state index in [9.17, 15) is 18.3 Å². The van der Waals surface area contributed by atoms with Crippen LogP contribution in [0.3, 0.4) is 0 Å². The van der Waals surface area contributed by atoms with Gasteiger partial charge >= 0.3 is 5.97 Å². The van der Waals surface area contributed by atoms with Crippen LogP contribution < -0.4 is 0 Å². The second-order valence-corrected chi connectivity index (χ2v) is 5.43. The lowest BCUT2D eigenvalue weighted by Gasteiger charge is -2.17. The second-order valence-electron chi connectivity index (χ2n) is 3.57. The molecule has 2 rings (SSSR count). The Morgan fingerprint density at radius 1 is 1.47 bits per heavy atom. The standard InChI is InChI=1S/C10H11NO5S/c1-7(12)16-6-11-10(13)8-4-2-3-5-9(8)17(11,14)15/h2-5,10,13H,6H2,1H3. The Hall–Kier alpha value is -1.44. The fourth-order valence-corrected chi connectivity index (χ4v) is 3.18. The van der Waals surface area contributed by atoms with Crippen molar-refractivity contribution in [3.05, 3.63) is 29.8 Å². The van der Waals surface area contributed by atoms with Crippen molar-refractivity contribution in [2.24, 2.45) is 0 Å². The molecule has 1 aliphatic rings. The van der Waals surface area contributed by atoms with Gasteiger partial charge in [-0.25, -0.2) is 8.42 Å². The normalized spacial score (nSPS) is 22.1. The minimum atomic E-state index is -3.79. The summed E-state index contributed by atoms with van der Waals surface area (Å²) in [5.41, 5.74) is 0.291. The lowest BCUT2D eigenvalue weighted by molar-refractivity contribution is -0.146. The minimum Gasteiger partial charge on any atom is -0.449 e. The molecule has 1 heterocycles. The molecule has 1 atom stereocenters. The summed E-state index contributed by atoms with van der Waals surface area (Å²) in [7, 11) is -3.79. The highest BCUT2D eigenvalue weighted by molar-refractivity contribution is 7.89. The second kappa shape index (κ2) is 4.10. The SMILES string of the molecule is CC(=O)OCN1C(O)c2ccccc2S1(=O)=O. The molecule has 1 aromatic carbocycles. The van der Waals surface area contributed by atoms with Crippen LogP contribution in [-0.2, 0) is 19.6 Å². The van der Waals surface area contributed by atoms with Crippen LogP contribution >= 0.6 is 0 Å². The van der Waals surface area contributed by atoms with Gasteiger partial charge in [0.25, 0.3) is 0 Å². The highest BCUT2D eigenvalue weighted by Gasteiger charge is 2.42. The topological polar surface area (TPSA) is 83.9 Å². The summed E-state index contributed by atoms with van der Waals surface area (Å²) < 4.78 is 29.3. The number of carbonyl (C=O) groups excluding carboxylic acids is 1. The maximum Gasteiger partial charge on any atom is 0.303 e. The van der Waals surface area contributed by atoms with Crippen LogP contribution in [0.4, 0.5) is 0 Å². The van der Waals surface area contributed by atoms with Crippen LogP contribution in [0.2, 0.25) is 0 Å². The molecular weight excluding hydrogens is 246 g/mol. The lowest BCUT2D eigenvalue weighted by atomic mass is 10.2. The molecule has 92 valence electrons. The van der Waals surface area contributed by atoms with E-state index < -0.39 is 29.0 Å². The number of aliphatic hydroxyl groups excluding tert-OH is 1. The predicted molar refractivity (Wildman–Crippen MR) is 57.1 cm³/mol. The van der Waals surface area contributed by atoms with E-state index >= 15 is 0 Å². The summed E-state index contributed by atoms with van der Waals surface area (Å²) in [5, 5.41) is 9.85. The number of esters is 1. The average molecular weight is 257 g/mol. The van der Waals surface area contributed by atoms with Crippen molar-refractivity contribution >= 4 is 16.0 Å². The van der Waals surface area contributed by atoms with Crippen LogP contribution in [0, 0.1) is 0 Å². The first-order chi connectivity index (χ1) is 7.94. The number of carbonyl (C=O) groups is 1. The molecule has 17 heavy (non-hydrogen) atoms. The third-order valence-corrected chi connectivity index (χ3v) is 4.30. The molecule has 0 radical (unpaired) electrons. The van der Waals surface area contributed by atoms with Crippen LogP contribution in [0.1, 0.15) is 18.7 Å². The number of hydrogen-bond acceptors (Lipinski definition) is 5. The number of fused-ring (bicyclic) bond motifs is 1. The van der Waals surface area contributed by atoms with E-state index in [1.54, 1.807) is 12.1 Å². The van der Waals surface area contributed by atoms with E-state index in [2.05, 4.69) is 4.74 Å². The molecule has 0 spiro atoms. The van der Waals surface area contributed by atoms with E-state index in [1.165, 1.54) is 19.1 Å². The van der Waals surface area contributed by atoms with Gasteiger partial charge in [-0.2, -0.15) is 0 Å². The number of benzene rings is 1. The van der Waals surface area contributed by atoms with Gasteiger partial charge in [0.1, 0.15) is 0 Å². The number of aliphatic hydroxyl groups is 1. The molecular formula is C10H11NO5S. The number of rotatable bonds is 2. The molecule has 0 saturated carbocycles. The van der Waals surface area contributed by atoms with E-state index in [0.29, 0.717) is 5.56 Å². The quantitative estimate of drug-likeness (QED) is 0.765. The fourth-order valence-electron chi connectivity index (χ4n) is 1.64. The van der Waals surface area contributed by atoms with E-state index in [1.807, 2.05) is 0 Å². The zero-order valence-corrected chi connectivity index (χ0v) is 9.85. The van der Waals surface area contributed by atoms with Gasteiger partial charge in [-0.15, -0.1) is 4.31 Å². The molecule has 6 nitrogen and oxygen atoms in total. The highest BCUT2D eigenvalue weighted by Crippen LogP contribution is 2.37. The molecule has 1 unspecified atom stereocenters. The van der Waals surface area contributed by atoms with Gasteiger partial charge in [0.2, 0.25) is 10.0 Å². The summed E-state index contributed by atoms with van der Waals surface area (Å²) in [5.74, 6) is -0.608. The lowest BCUT2D eigenvalue weighted by Crippen LogP contribution is -2.31. The number of nitrogens with zero attached hydrogens (tertiary/aromatic N) is 1. The molecule has 1 aliphatic heterocycles. The Kier molecular flexibility index (Phi) is 2.90. The Morgan fingerprint density at radius 2 is 2.12 bits per heavy atom. The molecule has 0 bridgehead atoms. The average Bonchev–Trinajstić information content (AvgIpc) is 2.46. The monoisotopic (exact) mass is 257 g/mol. The van der Waals surface area contributed by atoms with Crippen molar-refractivity contribution in [2.45, 2.75) is 18.0 Å². The Labute approximate surface area is 98.5 Å². The maximum atomic E-state index is 12.0. The summed E-state index contributed by atoms with van der Waals surface area (Å²) in [6.07, 6.45) is -1.31. The van der Waals surface area contributed by atoms with Crippen molar-refractivity contribution in [3.63, 3.8) is 0 Å². The first-order valence-electron chi connectivity index (χ1n) is 4.87. The smallest absolute Gasteiger partial charge is 0.303 e. The Morgan fingerprint density at radius 3 is 2.71 bits per heavy atom. The highest BCUT2D eigenvalue weighted by atomic mass is 32.2. The van der Waals surface area contributed by atoms with Gasteiger partial charge < -0.3 is 9.84 Å². The molecule has 0 aliphatic carbocycles. The molecule has 0 fully saturated rings. The van der Waals surface area contributed by atoms with Gasteiger partial charge in [-0.05, 0) is 6.07 Å². The van der Waals surface area contributed by atoms with E-state index in [-0.39, 0.29) is 4.90 Å². The molecule has 7 heteroatoms. The molecule has 0 amide bonds. The van der Waals surface area contributed by atoms with Crippen LogP contribution in [-0.4, -0.2) is 30.5 Å². The third-order valence-electron chi connectivity index (χ3n) is 2.45. The van der Waals surface area contributed by atoms with E-state index in [0.717, 1.165) is 4.31 Å². The summed E-state index contributed by atoms with van der Waals surface area (Å²) >= 11 is 0. The zero-order chi connectivity index (χ0) is 12.6. The zero-order valence-electron chi connectivity index (χ0n) is 9.03. The van der Waals surface area contributed by atoms with Crippen LogP contribution in [0.15, 0.2) is 29.2 Å². The Balaban J connectivity index is 2.37. The van der Waals surface area contributed by atoms with Gasteiger partial charge in [-0.3, -0.25) is 4.79 Å². The first kappa shape index (κ1) is 12.0. The molecule has 0 saturated heterocycles. The number of ether oxygens (including phenoxy) is 1. The van der Waals surface area contributed by atoms with Crippen LogP contribution in [0.5, 0.6) is 0 Å². The van der Waals surface area contributed by atoms with Gasteiger partial charge in [0, 0.05) is 12.5 Å². The minimum absolute atomic E-state index is 0.0413. The third kappa shape index (κ3) is 1.92. The summed E-state index contributed by atoms with van der Waals surface area (Å²) in [4.78, 5) is 10.7. The van der Waals surface area contributed by atoms with Crippen molar-refractivity contribution < 1.29 is 23.1 Å².